The molecule has 0 aromatic carbocycles. The van der Waals surface area contributed by atoms with Crippen LogP contribution in [0.3, 0.4) is 0 Å². The highest BCUT2D eigenvalue weighted by atomic mass is 17.2. The van der Waals surface area contributed by atoms with Gasteiger partial charge in [0.1, 0.15) is 0 Å². The van der Waals surface area contributed by atoms with Crippen molar-refractivity contribution >= 4 is 17.9 Å². The Labute approximate surface area is 184 Å². The van der Waals surface area contributed by atoms with Crippen LogP contribution in [0.15, 0.2) is 0 Å². The topological polar surface area (TPSA) is 119 Å². The maximum absolute atomic E-state index is 12.8. The van der Waals surface area contributed by atoms with Crippen molar-refractivity contribution in [1.29, 1.82) is 0 Å². The molecule has 2 aliphatic carbocycles. The van der Waals surface area contributed by atoms with E-state index >= 15 is 0 Å². The third-order valence-corrected chi connectivity index (χ3v) is 6.79. The zero-order chi connectivity index (χ0) is 23.0. The lowest BCUT2D eigenvalue weighted by Crippen LogP contribution is -2.38. The molecule has 0 bridgehead atoms. The van der Waals surface area contributed by atoms with Gasteiger partial charge in [-0.15, -0.1) is 0 Å². The van der Waals surface area contributed by atoms with E-state index in [1.54, 1.807) is 0 Å². The van der Waals surface area contributed by atoms with E-state index in [1.807, 2.05) is 13.8 Å². The normalized spacial score (nSPS) is 32.2. The predicted octanol–water partition coefficient (Wildman–Crippen LogP) is 4.27. The Balaban J connectivity index is 1.93. The number of ether oxygens (including phenoxy) is 1. The van der Waals surface area contributed by atoms with Gasteiger partial charge in [0.15, 0.2) is 0 Å². The molecule has 0 saturated heterocycles. The van der Waals surface area contributed by atoms with Crippen LogP contribution in [-0.4, -0.2) is 41.0 Å². The Kier molecular flexibility index (Phi) is 10.2. The fraction of sp³-hybridized carbons (Fsp3) is 0.870. The SMILES string of the molecule is CCCCC(OOCC1CC(C)CCC1C(=O)O)OC(=O)C1CC(C)CCC1C(=O)O. The molecule has 0 spiro atoms. The number of carboxylic acid groups (broad SMARTS) is 2. The van der Waals surface area contributed by atoms with Crippen molar-refractivity contribution in [1.82, 2.24) is 0 Å². The molecule has 2 rings (SSSR count). The van der Waals surface area contributed by atoms with E-state index in [1.165, 1.54) is 0 Å². The minimum Gasteiger partial charge on any atom is -0.481 e. The maximum atomic E-state index is 12.8. The Morgan fingerprint density at radius 2 is 1.52 bits per heavy atom. The molecule has 0 heterocycles. The lowest BCUT2D eigenvalue weighted by Gasteiger charge is -2.33. The summed E-state index contributed by atoms with van der Waals surface area (Å²) in [7, 11) is 0. The second kappa shape index (κ2) is 12.4. The van der Waals surface area contributed by atoms with E-state index in [2.05, 4.69) is 6.92 Å². The van der Waals surface area contributed by atoms with Gasteiger partial charge in [-0.2, -0.15) is 4.89 Å². The van der Waals surface area contributed by atoms with Crippen LogP contribution in [0.1, 0.15) is 78.6 Å². The van der Waals surface area contributed by atoms with Crippen LogP contribution in [0.5, 0.6) is 0 Å². The summed E-state index contributed by atoms with van der Waals surface area (Å²) in [6.45, 7) is 6.24. The molecule has 0 radical (unpaired) electrons. The first-order valence-electron chi connectivity index (χ1n) is 11.7. The number of hydrogen-bond donors (Lipinski definition) is 2. The summed E-state index contributed by atoms with van der Waals surface area (Å²) >= 11 is 0. The van der Waals surface area contributed by atoms with Gasteiger partial charge in [-0.1, -0.05) is 27.2 Å². The van der Waals surface area contributed by atoms with Gasteiger partial charge in [0.25, 0.3) is 0 Å². The summed E-state index contributed by atoms with van der Waals surface area (Å²) in [4.78, 5) is 46.7. The van der Waals surface area contributed by atoms with Crippen LogP contribution in [0.25, 0.3) is 0 Å². The Hall–Kier alpha value is -1.67. The number of rotatable bonds is 11. The number of aliphatic carboxylic acids is 2. The fourth-order valence-electron chi connectivity index (χ4n) is 4.86. The monoisotopic (exact) mass is 442 g/mol. The first-order chi connectivity index (χ1) is 14.7. The molecule has 8 nitrogen and oxygen atoms in total. The second-order valence-electron chi connectivity index (χ2n) is 9.48. The van der Waals surface area contributed by atoms with Crippen LogP contribution >= 0.6 is 0 Å². The summed E-state index contributed by atoms with van der Waals surface area (Å²) in [5.41, 5.74) is 0. The van der Waals surface area contributed by atoms with Crippen molar-refractivity contribution in [2.75, 3.05) is 6.61 Å². The summed E-state index contributed by atoms with van der Waals surface area (Å²) in [5.74, 6) is -3.70. The van der Waals surface area contributed by atoms with E-state index in [0.717, 1.165) is 32.1 Å². The highest BCUT2D eigenvalue weighted by Gasteiger charge is 2.40. The Bertz CT molecular complexity index is 606. The van der Waals surface area contributed by atoms with Gasteiger partial charge >= 0.3 is 17.9 Å². The molecule has 0 amide bonds. The van der Waals surface area contributed by atoms with E-state index in [9.17, 15) is 24.6 Å². The fourth-order valence-corrected chi connectivity index (χ4v) is 4.86. The van der Waals surface area contributed by atoms with Crippen molar-refractivity contribution in [2.24, 2.45) is 35.5 Å². The summed E-state index contributed by atoms with van der Waals surface area (Å²) in [5, 5.41) is 18.9. The molecule has 31 heavy (non-hydrogen) atoms. The smallest absolute Gasteiger partial charge is 0.312 e. The van der Waals surface area contributed by atoms with E-state index in [0.29, 0.717) is 31.6 Å². The number of carbonyl (C=O) groups excluding carboxylic acids is 1. The average Bonchev–Trinajstić information content (AvgIpc) is 2.71. The van der Waals surface area contributed by atoms with Gasteiger partial charge in [0.2, 0.25) is 6.29 Å². The Morgan fingerprint density at radius 1 is 0.903 bits per heavy atom. The van der Waals surface area contributed by atoms with Gasteiger partial charge < -0.3 is 14.9 Å². The molecule has 7 atom stereocenters. The number of hydrogen-bond acceptors (Lipinski definition) is 6. The first-order valence-corrected chi connectivity index (χ1v) is 11.7. The Morgan fingerprint density at radius 3 is 2.13 bits per heavy atom. The van der Waals surface area contributed by atoms with E-state index in [4.69, 9.17) is 14.5 Å². The standard InChI is InChI=1S/C23H38O8/c1-4-5-6-20(30-23(28)19-12-15(3)8-10-18(19)22(26)27)31-29-13-16-11-14(2)7-9-17(16)21(24)25/h14-20H,4-13H2,1-3H3,(H,24,25)(H,26,27). The zero-order valence-corrected chi connectivity index (χ0v) is 19.0. The van der Waals surface area contributed by atoms with Crippen LogP contribution in [0, 0.1) is 35.5 Å². The minimum atomic E-state index is -0.970. The van der Waals surface area contributed by atoms with Crippen molar-refractivity contribution in [3.63, 3.8) is 0 Å². The van der Waals surface area contributed by atoms with Gasteiger partial charge in [0, 0.05) is 6.42 Å². The van der Waals surface area contributed by atoms with Crippen LogP contribution in [0.4, 0.5) is 0 Å². The molecule has 178 valence electrons. The van der Waals surface area contributed by atoms with E-state index in [-0.39, 0.29) is 18.4 Å². The number of carbonyl (C=O) groups is 3. The number of unbranched alkanes of at least 4 members (excludes halogenated alkanes) is 1. The van der Waals surface area contributed by atoms with Gasteiger partial charge in [0.05, 0.1) is 24.4 Å². The molecule has 2 aliphatic rings. The minimum absolute atomic E-state index is 0.125. The van der Waals surface area contributed by atoms with Crippen molar-refractivity contribution in [3.05, 3.63) is 0 Å². The highest BCUT2D eigenvalue weighted by molar-refractivity contribution is 5.81. The summed E-state index contributed by atoms with van der Waals surface area (Å²) < 4.78 is 5.54. The van der Waals surface area contributed by atoms with Gasteiger partial charge in [-0.3, -0.25) is 14.4 Å². The third-order valence-electron chi connectivity index (χ3n) is 6.79. The number of carboxylic acids is 2. The van der Waals surface area contributed by atoms with Crippen molar-refractivity contribution in [2.45, 2.75) is 84.8 Å². The molecule has 2 saturated carbocycles. The van der Waals surface area contributed by atoms with Gasteiger partial charge in [-0.25, -0.2) is 4.89 Å². The summed E-state index contributed by atoms with van der Waals surface area (Å²) in [6.07, 6.45) is 5.12. The predicted molar refractivity (Wildman–Crippen MR) is 112 cm³/mol. The maximum Gasteiger partial charge on any atom is 0.312 e. The van der Waals surface area contributed by atoms with Crippen LogP contribution in [-0.2, 0) is 28.9 Å². The highest BCUT2D eigenvalue weighted by Crippen LogP contribution is 2.36. The molecule has 0 aliphatic heterocycles. The second-order valence-corrected chi connectivity index (χ2v) is 9.48. The largest absolute Gasteiger partial charge is 0.481 e. The molecular weight excluding hydrogens is 404 g/mol. The van der Waals surface area contributed by atoms with Crippen LogP contribution < -0.4 is 0 Å². The average molecular weight is 443 g/mol. The molecule has 2 fully saturated rings. The molecule has 0 aromatic rings. The molecular formula is C23H38O8. The molecule has 8 heteroatoms. The molecule has 0 aromatic heterocycles. The van der Waals surface area contributed by atoms with Gasteiger partial charge in [-0.05, 0) is 62.7 Å². The first kappa shape index (κ1) is 25.6. The third kappa shape index (κ3) is 7.75. The lowest BCUT2D eigenvalue weighted by molar-refractivity contribution is -0.378. The quantitative estimate of drug-likeness (QED) is 0.211. The lowest BCUT2D eigenvalue weighted by atomic mass is 9.74. The molecule has 2 N–H and O–H groups in total. The van der Waals surface area contributed by atoms with Crippen molar-refractivity contribution in [3.8, 4) is 0 Å². The summed E-state index contributed by atoms with van der Waals surface area (Å²) in [6, 6.07) is 0. The molecule has 7 unspecified atom stereocenters. The van der Waals surface area contributed by atoms with Crippen LogP contribution in [0.2, 0.25) is 0 Å². The zero-order valence-electron chi connectivity index (χ0n) is 19.0. The van der Waals surface area contributed by atoms with E-state index < -0.39 is 42.0 Å². The van der Waals surface area contributed by atoms with Crippen molar-refractivity contribution < 1.29 is 39.1 Å². The number of esters is 1.